The summed E-state index contributed by atoms with van der Waals surface area (Å²) < 4.78 is 21.0. The third-order valence-electron chi connectivity index (χ3n) is 5.59. The number of phenolic OH excluding ortho intramolecular Hbond substituents is 3. The molecular weight excluding hydrogens is 432 g/mol. The van der Waals surface area contributed by atoms with Gasteiger partial charge in [0.1, 0.15) is 18.3 Å². The van der Waals surface area contributed by atoms with E-state index in [2.05, 4.69) is 0 Å². The second-order valence-corrected chi connectivity index (χ2v) is 7.55. The van der Waals surface area contributed by atoms with Crippen molar-refractivity contribution >= 4 is 32.7 Å². The molecule has 0 amide bonds. The minimum atomic E-state index is -1.71. The Morgan fingerprint density at radius 2 is 1.38 bits per heavy atom. The van der Waals surface area contributed by atoms with Crippen LogP contribution in [-0.2, 0) is 4.74 Å². The van der Waals surface area contributed by atoms with Crippen molar-refractivity contribution in [3.63, 3.8) is 0 Å². The average molecular weight is 448 g/mol. The lowest BCUT2D eigenvalue weighted by Gasteiger charge is -2.38. The first-order valence-electron chi connectivity index (χ1n) is 9.40. The molecule has 0 bridgehead atoms. The van der Waals surface area contributed by atoms with Gasteiger partial charge in [-0.3, -0.25) is 0 Å². The molecule has 1 aliphatic rings. The van der Waals surface area contributed by atoms with Crippen LogP contribution in [0.15, 0.2) is 30.6 Å². The molecule has 12 nitrogen and oxygen atoms in total. The minimum absolute atomic E-state index is 0.0656. The van der Waals surface area contributed by atoms with Crippen LogP contribution in [0.3, 0.4) is 0 Å². The summed E-state index contributed by atoms with van der Waals surface area (Å²) in [6, 6.07) is 1.98. The maximum Gasteiger partial charge on any atom is 0.344 e. The number of benzene rings is 2. The quantitative estimate of drug-likeness (QED) is 0.134. The maximum atomic E-state index is 12.6. The molecule has 0 aliphatic carbocycles. The van der Waals surface area contributed by atoms with Crippen LogP contribution in [0.25, 0.3) is 32.7 Å². The van der Waals surface area contributed by atoms with Crippen molar-refractivity contribution in [3.8, 4) is 23.0 Å². The summed E-state index contributed by atoms with van der Waals surface area (Å²) in [7, 11) is 0. The Hall–Kier alpha value is -3.58. The lowest BCUT2D eigenvalue weighted by atomic mass is 10.00. The third-order valence-corrected chi connectivity index (χ3v) is 5.59. The summed E-state index contributed by atoms with van der Waals surface area (Å²) in [4.78, 5) is 25.1. The summed E-state index contributed by atoms with van der Waals surface area (Å²) in [6.07, 6.45) is -7.21. The molecule has 5 rings (SSSR count). The van der Waals surface area contributed by atoms with Gasteiger partial charge < -0.3 is 48.9 Å². The number of aliphatic hydroxyl groups excluding tert-OH is 3. The van der Waals surface area contributed by atoms with E-state index in [0.29, 0.717) is 0 Å². The summed E-state index contributed by atoms with van der Waals surface area (Å²) in [6.45, 7) is 1.42. The Kier molecular flexibility index (Phi) is 4.26. The smallest absolute Gasteiger partial charge is 0.344 e. The molecule has 2 aromatic heterocycles. The molecule has 5 atom stereocenters. The predicted octanol–water partition coefficient (Wildman–Crippen LogP) is -0.187. The average Bonchev–Trinajstić information content (AvgIpc) is 2.75. The normalized spacial score (nSPS) is 26.3. The number of hydrogen-bond acceptors (Lipinski definition) is 12. The SMILES string of the molecule is C[C@H]1O[C@H](Oc2cc3c(=O)oc4c(O)c(O)cc5c(=O)oc(c2O)c3c45)[C@@H](O)[C@@H](O)[C@@H]1O. The van der Waals surface area contributed by atoms with E-state index in [1.165, 1.54) is 6.92 Å². The van der Waals surface area contributed by atoms with Crippen molar-refractivity contribution in [2.45, 2.75) is 37.6 Å². The molecule has 6 N–H and O–H groups in total. The van der Waals surface area contributed by atoms with Gasteiger partial charge in [-0.1, -0.05) is 0 Å². The predicted molar refractivity (Wildman–Crippen MR) is 105 cm³/mol. The van der Waals surface area contributed by atoms with Gasteiger partial charge in [-0.25, -0.2) is 9.59 Å². The van der Waals surface area contributed by atoms with Crippen LogP contribution in [0, 0.1) is 0 Å². The second-order valence-electron chi connectivity index (χ2n) is 7.55. The first kappa shape index (κ1) is 20.3. The van der Waals surface area contributed by atoms with E-state index >= 15 is 0 Å². The van der Waals surface area contributed by atoms with Gasteiger partial charge in [-0.15, -0.1) is 0 Å². The Bertz CT molecular complexity index is 1480. The number of rotatable bonds is 2. The number of aromatic hydroxyl groups is 3. The maximum absolute atomic E-state index is 12.6. The van der Waals surface area contributed by atoms with Crippen molar-refractivity contribution in [2.24, 2.45) is 0 Å². The molecule has 12 heteroatoms. The van der Waals surface area contributed by atoms with E-state index in [9.17, 15) is 40.2 Å². The second kappa shape index (κ2) is 6.71. The van der Waals surface area contributed by atoms with E-state index in [-0.39, 0.29) is 21.5 Å². The van der Waals surface area contributed by atoms with Gasteiger partial charge in [0, 0.05) is 10.8 Å². The van der Waals surface area contributed by atoms with Crippen LogP contribution in [-0.4, -0.2) is 61.3 Å². The molecule has 1 saturated heterocycles. The van der Waals surface area contributed by atoms with Crippen molar-refractivity contribution in [1.82, 2.24) is 0 Å². The molecule has 1 fully saturated rings. The summed E-state index contributed by atoms with van der Waals surface area (Å²) in [5, 5.41) is 60.0. The molecule has 2 aromatic carbocycles. The summed E-state index contributed by atoms with van der Waals surface area (Å²) in [5.41, 5.74) is -2.98. The van der Waals surface area contributed by atoms with E-state index < -0.39 is 76.1 Å². The van der Waals surface area contributed by atoms with Crippen LogP contribution in [0.1, 0.15) is 6.92 Å². The Morgan fingerprint density at radius 1 is 0.812 bits per heavy atom. The van der Waals surface area contributed by atoms with Crippen LogP contribution in [0.4, 0.5) is 0 Å². The largest absolute Gasteiger partial charge is 0.504 e. The molecule has 168 valence electrons. The van der Waals surface area contributed by atoms with E-state index in [1.54, 1.807) is 0 Å². The van der Waals surface area contributed by atoms with E-state index in [1.807, 2.05) is 0 Å². The highest BCUT2D eigenvalue weighted by Crippen LogP contribution is 2.45. The van der Waals surface area contributed by atoms with Crippen LogP contribution in [0.2, 0.25) is 0 Å². The highest BCUT2D eigenvalue weighted by Gasteiger charge is 2.43. The Morgan fingerprint density at radius 3 is 2.00 bits per heavy atom. The molecule has 32 heavy (non-hydrogen) atoms. The topological polar surface area (TPSA) is 200 Å². The Labute approximate surface area is 176 Å². The molecular formula is C20H16O12. The Balaban J connectivity index is 1.76. The zero-order chi connectivity index (χ0) is 23.1. The van der Waals surface area contributed by atoms with Crippen molar-refractivity contribution in [2.75, 3.05) is 0 Å². The zero-order valence-corrected chi connectivity index (χ0v) is 16.2. The van der Waals surface area contributed by atoms with Gasteiger partial charge in [-0.05, 0) is 19.1 Å². The zero-order valence-electron chi connectivity index (χ0n) is 16.2. The van der Waals surface area contributed by atoms with Crippen molar-refractivity contribution in [3.05, 3.63) is 33.0 Å². The summed E-state index contributed by atoms with van der Waals surface area (Å²) >= 11 is 0. The molecule has 0 saturated carbocycles. The minimum Gasteiger partial charge on any atom is -0.504 e. The van der Waals surface area contributed by atoms with Crippen LogP contribution >= 0.6 is 0 Å². The molecule has 4 aromatic rings. The van der Waals surface area contributed by atoms with Gasteiger partial charge >= 0.3 is 11.3 Å². The monoisotopic (exact) mass is 448 g/mol. The van der Waals surface area contributed by atoms with Crippen LogP contribution < -0.4 is 16.0 Å². The van der Waals surface area contributed by atoms with Gasteiger partial charge in [0.15, 0.2) is 22.7 Å². The third kappa shape index (κ3) is 2.64. The molecule has 0 spiro atoms. The lowest BCUT2D eigenvalue weighted by Crippen LogP contribution is -2.58. The number of aliphatic hydroxyl groups is 3. The lowest BCUT2D eigenvalue weighted by molar-refractivity contribution is -0.268. The molecule has 0 radical (unpaired) electrons. The highest BCUT2D eigenvalue weighted by molar-refractivity contribution is 6.22. The van der Waals surface area contributed by atoms with Gasteiger partial charge in [0.2, 0.25) is 17.8 Å². The van der Waals surface area contributed by atoms with Gasteiger partial charge in [-0.2, -0.15) is 0 Å². The first-order chi connectivity index (χ1) is 15.1. The van der Waals surface area contributed by atoms with Crippen molar-refractivity contribution in [1.29, 1.82) is 0 Å². The fourth-order valence-electron chi connectivity index (χ4n) is 3.90. The fourth-order valence-corrected chi connectivity index (χ4v) is 3.90. The number of phenols is 3. The number of ether oxygens (including phenoxy) is 2. The van der Waals surface area contributed by atoms with E-state index in [4.69, 9.17) is 18.3 Å². The molecule has 0 unspecified atom stereocenters. The number of hydrogen-bond donors (Lipinski definition) is 6. The highest BCUT2D eigenvalue weighted by atomic mass is 16.7. The van der Waals surface area contributed by atoms with Crippen molar-refractivity contribution < 1.29 is 48.9 Å². The van der Waals surface area contributed by atoms with E-state index in [0.717, 1.165) is 12.1 Å². The molecule has 3 heterocycles. The van der Waals surface area contributed by atoms with Gasteiger partial charge in [0.05, 0.1) is 16.9 Å². The molecule has 1 aliphatic heterocycles. The first-order valence-corrected chi connectivity index (χ1v) is 9.40. The standard InChI is InChI=1S/C20H16O12/c1-4-11(22)14(25)15(26)20(29-4)30-8-3-6-10-9-5(18(27)32-17(10)13(8)24)2-7(21)12(23)16(9)31-19(6)28/h2-4,11,14-15,20-26H,1H3/t4-,11-,14+,15+,20-/m1/s1. The fraction of sp³-hybridized carbons (Fsp3) is 0.300. The van der Waals surface area contributed by atoms with Gasteiger partial charge in [0.25, 0.3) is 0 Å². The summed E-state index contributed by atoms with van der Waals surface area (Å²) in [5.74, 6) is -2.67. The van der Waals surface area contributed by atoms with Crippen LogP contribution in [0.5, 0.6) is 23.0 Å².